The van der Waals surface area contributed by atoms with Crippen molar-refractivity contribution in [3.63, 3.8) is 0 Å². The van der Waals surface area contributed by atoms with Crippen molar-refractivity contribution in [2.75, 3.05) is 0 Å². The van der Waals surface area contributed by atoms with Gasteiger partial charge in [-0.05, 0) is 19.1 Å². The molecule has 0 radical (unpaired) electrons. The fourth-order valence-electron chi connectivity index (χ4n) is 1.18. The van der Waals surface area contributed by atoms with Gasteiger partial charge in [0.2, 0.25) is 0 Å². The first-order chi connectivity index (χ1) is 7.63. The van der Waals surface area contributed by atoms with Crippen LogP contribution in [0.1, 0.15) is 29.4 Å². The summed E-state index contributed by atoms with van der Waals surface area (Å²) < 4.78 is 0. The predicted molar refractivity (Wildman–Crippen MR) is 60.9 cm³/mol. The molecule has 0 aliphatic carbocycles. The molecule has 4 heteroatoms. The summed E-state index contributed by atoms with van der Waals surface area (Å²) in [6, 6.07) is 3.46. The Labute approximate surface area is 94.7 Å². The van der Waals surface area contributed by atoms with Gasteiger partial charge in [-0.15, -0.1) is 12.3 Å². The zero-order valence-corrected chi connectivity index (χ0v) is 9.10. The Morgan fingerprint density at radius 3 is 2.94 bits per heavy atom. The largest absolute Gasteiger partial charge is 0.478 e. The van der Waals surface area contributed by atoms with Crippen LogP contribution in [0.4, 0.5) is 0 Å². The number of nitrogens with one attached hydrogen (secondary N) is 1. The highest BCUT2D eigenvalue weighted by molar-refractivity contribution is 5.87. The molecule has 0 saturated heterocycles. The molecule has 0 aliphatic heterocycles. The number of aromatic nitrogens is 1. The average molecular weight is 218 g/mol. The lowest BCUT2D eigenvalue weighted by molar-refractivity contribution is 0.0696. The number of hydrogen-bond donors (Lipinski definition) is 2. The molecule has 0 aromatic carbocycles. The number of hydrogen-bond acceptors (Lipinski definition) is 3. The smallest absolute Gasteiger partial charge is 0.337 e. The van der Waals surface area contributed by atoms with Crippen molar-refractivity contribution in [1.29, 1.82) is 0 Å². The number of aromatic carboxylic acids is 1. The van der Waals surface area contributed by atoms with Crippen LogP contribution in [0, 0.1) is 12.3 Å². The summed E-state index contributed by atoms with van der Waals surface area (Å²) >= 11 is 0. The fraction of sp³-hybridized carbons (Fsp3) is 0.333. The van der Waals surface area contributed by atoms with Crippen LogP contribution >= 0.6 is 0 Å². The lowest BCUT2D eigenvalue weighted by Gasteiger charge is -2.09. The van der Waals surface area contributed by atoms with E-state index in [4.69, 9.17) is 11.5 Å². The van der Waals surface area contributed by atoms with Crippen LogP contribution in [0.5, 0.6) is 0 Å². The number of terminal acetylenes is 1. The molecule has 1 aromatic heterocycles. The van der Waals surface area contributed by atoms with E-state index in [1.165, 1.54) is 12.3 Å². The van der Waals surface area contributed by atoms with Gasteiger partial charge in [0.1, 0.15) is 0 Å². The minimum absolute atomic E-state index is 0.195. The number of rotatable bonds is 5. The van der Waals surface area contributed by atoms with E-state index in [0.717, 1.165) is 5.69 Å². The van der Waals surface area contributed by atoms with Crippen LogP contribution in [0.25, 0.3) is 0 Å². The summed E-state index contributed by atoms with van der Waals surface area (Å²) in [6.07, 6.45) is 7.19. The number of carboxylic acids is 1. The normalized spacial score (nSPS) is 11.8. The summed E-state index contributed by atoms with van der Waals surface area (Å²) in [7, 11) is 0. The van der Waals surface area contributed by atoms with Crippen molar-refractivity contribution in [2.24, 2.45) is 0 Å². The van der Waals surface area contributed by atoms with E-state index in [9.17, 15) is 4.79 Å². The second-order valence-electron chi connectivity index (χ2n) is 3.53. The first-order valence-corrected chi connectivity index (χ1v) is 4.98. The topological polar surface area (TPSA) is 62.2 Å². The van der Waals surface area contributed by atoms with Crippen molar-refractivity contribution in [2.45, 2.75) is 25.9 Å². The van der Waals surface area contributed by atoms with E-state index in [-0.39, 0.29) is 11.6 Å². The van der Waals surface area contributed by atoms with Gasteiger partial charge < -0.3 is 10.4 Å². The van der Waals surface area contributed by atoms with E-state index in [1.54, 1.807) is 6.07 Å². The molecule has 1 heterocycles. The lowest BCUT2D eigenvalue weighted by atomic mass is 10.2. The van der Waals surface area contributed by atoms with Crippen molar-refractivity contribution in [3.05, 3.63) is 29.6 Å². The third kappa shape index (κ3) is 3.71. The standard InChI is InChI=1S/C12H14N2O2/c1-3-4-9(2)13-8-11-6-5-10(7-14-11)12(15)16/h1,5-7,9,13H,4,8H2,2H3,(H,15,16). The molecule has 0 fully saturated rings. The highest BCUT2D eigenvalue weighted by Crippen LogP contribution is 2.01. The van der Waals surface area contributed by atoms with Crippen molar-refractivity contribution < 1.29 is 9.90 Å². The Morgan fingerprint density at radius 2 is 2.44 bits per heavy atom. The highest BCUT2D eigenvalue weighted by atomic mass is 16.4. The van der Waals surface area contributed by atoms with E-state index < -0.39 is 5.97 Å². The minimum atomic E-state index is -0.965. The third-order valence-corrected chi connectivity index (χ3v) is 2.13. The van der Waals surface area contributed by atoms with Gasteiger partial charge in [-0.3, -0.25) is 4.98 Å². The van der Waals surface area contributed by atoms with Gasteiger partial charge in [-0.1, -0.05) is 0 Å². The fourth-order valence-corrected chi connectivity index (χ4v) is 1.18. The van der Waals surface area contributed by atoms with Crippen LogP contribution in [0.3, 0.4) is 0 Å². The molecule has 1 aromatic rings. The minimum Gasteiger partial charge on any atom is -0.478 e. The van der Waals surface area contributed by atoms with Gasteiger partial charge in [-0.2, -0.15) is 0 Å². The molecule has 1 atom stereocenters. The van der Waals surface area contributed by atoms with Gasteiger partial charge in [0.05, 0.1) is 11.3 Å². The van der Waals surface area contributed by atoms with Gasteiger partial charge in [-0.25, -0.2) is 4.79 Å². The monoisotopic (exact) mass is 218 g/mol. The molecule has 0 bridgehead atoms. The molecular weight excluding hydrogens is 204 g/mol. The van der Waals surface area contributed by atoms with E-state index >= 15 is 0 Å². The zero-order valence-electron chi connectivity index (χ0n) is 9.10. The second kappa shape index (κ2) is 5.89. The van der Waals surface area contributed by atoms with E-state index in [1.807, 2.05) is 6.92 Å². The Hall–Kier alpha value is -1.86. The summed E-state index contributed by atoms with van der Waals surface area (Å²) in [5.41, 5.74) is 0.995. The Kier molecular flexibility index (Phi) is 4.49. The molecule has 1 unspecified atom stereocenters. The Morgan fingerprint density at radius 1 is 1.69 bits per heavy atom. The summed E-state index contributed by atoms with van der Waals surface area (Å²) in [5, 5.41) is 11.9. The Balaban J connectivity index is 2.50. The molecule has 16 heavy (non-hydrogen) atoms. The maximum atomic E-state index is 10.6. The van der Waals surface area contributed by atoms with Crippen LogP contribution < -0.4 is 5.32 Å². The molecule has 84 valence electrons. The van der Waals surface area contributed by atoms with Crippen LogP contribution in [-0.2, 0) is 6.54 Å². The zero-order chi connectivity index (χ0) is 12.0. The van der Waals surface area contributed by atoms with Crippen LogP contribution in [0.15, 0.2) is 18.3 Å². The molecular formula is C12H14N2O2. The highest BCUT2D eigenvalue weighted by Gasteiger charge is 2.04. The number of pyridine rings is 1. The first-order valence-electron chi connectivity index (χ1n) is 4.98. The van der Waals surface area contributed by atoms with Crippen LogP contribution in [-0.4, -0.2) is 22.1 Å². The molecule has 0 amide bonds. The van der Waals surface area contributed by atoms with E-state index in [2.05, 4.69) is 16.2 Å². The molecule has 4 nitrogen and oxygen atoms in total. The number of carbonyl (C=O) groups is 1. The summed E-state index contributed by atoms with van der Waals surface area (Å²) in [6.45, 7) is 2.58. The molecule has 0 spiro atoms. The summed E-state index contributed by atoms with van der Waals surface area (Å²) in [4.78, 5) is 14.6. The second-order valence-corrected chi connectivity index (χ2v) is 3.53. The first kappa shape index (κ1) is 12.2. The van der Waals surface area contributed by atoms with Gasteiger partial charge >= 0.3 is 5.97 Å². The lowest BCUT2D eigenvalue weighted by Crippen LogP contribution is -2.25. The molecule has 1 rings (SSSR count). The van der Waals surface area contributed by atoms with Gasteiger partial charge in [0.25, 0.3) is 0 Å². The van der Waals surface area contributed by atoms with Gasteiger partial charge in [0.15, 0.2) is 0 Å². The van der Waals surface area contributed by atoms with E-state index in [0.29, 0.717) is 13.0 Å². The van der Waals surface area contributed by atoms with Crippen molar-refractivity contribution in [3.8, 4) is 12.3 Å². The van der Waals surface area contributed by atoms with Gasteiger partial charge in [0, 0.05) is 25.2 Å². The maximum Gasteiger partial charge on any atom is 0.337 e. The van der Waals surface area contributed by atoms with Crippen LogP contribution in [0.2, 0.25) is 0 Å². The SMILES string of the molecule is C#CCC(C)NCc1ccc(C(=O)O)cn1. The average Bonchev–Trinajstić information content (AvgIpc) is 2.27. The number of carboxylic acid groups (broad SMARTS) is 1. The quantitative estimate of drug-likeness (QED) is 0.731. The number of nitrogens with zero attached hydrogens (tertiary/aromatic N) is 1. The third-order valence-electron chi connectivity index (χ3n) is 2.13. The maximum absolute atomic E-state index is 10.6. The molecule has 2 N–H and O–H groups in total. The van der Waals surface area contributed by atoms with Crippen molar-refractivity contribution in [1.82, 2.24) is 10.3 Å². The Bertz CT molecular complexity index is 392. The summed E-state index contributed by atoms with van der Waals surface area (Å²) in [5.74, 6) is 1.60. The van der Waals surface area contributed by atoms with Crippen molar-refractivity contribution >= 4 is 5.97 Å². The molecule has 0 aliphatic rings. The molecule has 0 saturated carbocycles. The predicted octanol–water partition coefficient (Wildman–Crippen LogP) is 1.28.